The summed E-state index contributed by atoms with van der Waals surface area (Å²) in [7, 11) is 0. The van der Waals surface area contributed by atoms with Gasteiger partial charge in [0.15, 0.2) is 0 Å². The summed E-state index contributed by atoms with van der Waals surface area (Å²) in [5.41, 5.74) is 1.14. The monoisotopic (exact) mass is 252 g/mol. The molecule has 0 aromatic heterocycles. The van der Waals surface area contributed by atoms with Crippen LogP contribution in [0, 0.1) is 0 Å². The van der Waals surface area contributed by atoms with Crippen LogP contribution in [0.5, 0.6) is 0 Å². The van der Waals surface area contributed by atoms with Gasteiger partial charge in [0.05, 0.1) is 19.8 Å². The molecule has 0 fully saturated rings. The molecule has 0 aliphatic heterocycles. The van der Waals surface area contributed by atoms with Crippen molar-refractivity contribution in [3.8, 4) is 0 Å². The normalized spacial score (nSPS) is 12.6. The van der Waals surface area contributed by atoms with Crippen molar-refractivity contribution < 1.29 is 14.6 Å². The van der Waals surface area contributed by atoms with E-state index in [2.05, 4.69) is 6.92 Å². The van der Waals surface area contributed by atoms with Crippen molar-refractivity contribution in [2.75, 3.05) is 19.8 Å². The van der Waals surface area contributed by atoms with E-state index in [9.17, 15) is 5.11 Å². The molecule has 0 aliphatic carbocycles. The molecule has 0 aliphatic rings. The Balaban J connectivity index is 2.11. The van der Waals surface area contributed by atoms with Crippen molar-refractivity contribution in [3.05, 3.63) is 35.9 Å². The maximum Gasteiger partial charge on any atom is 0.104 e. The van der Waals surface area contributed by atoms with E-state index in [4.69, 9.17) is 9.47 Å². The minimum Gasteiger partial charge on any atom is -0.394 e. The van der Waals surface area contributed by atoms with Crippen LogP contribution in [0.25, 0.3) is 0 Å². The minimum absolute atomic E-state index is 0.0148. The topological polar surface area (TPSA) is 38.7 Å². The Hall–Kier alpha value is -0.900. The number of aliphatic hydroxyl groups excluding tert-OH is 1. The first-order valence-electron chi connectivity index (χ1n) is 6.71. The molecule has 1 atom stereocenters. The molecule has 1 aromatic carbocycles. The number of aliphatic hydroxyl groups is 1. The highest BCUT2D eigenvalue weighted by Gasteiger charge is 2.07. The van der Waals surface area contributed by atoms with Gasteiger partial charge in [-0.05, 0) is 12.0 Å². The van der Waals surface area contributed by atoms with Crippen molar-refractivity contribution >= 4 is 0 Å². The van der Waals surface area contributed by atoms with Gasteiger partial charge in [0.1, 0.15) is 6.10 Å². The molecule has 3 heteroatoms. The highest BCUT2D eigenvalue weighted by atomic mass is 16.5. The molecule has 1 N–H and O–H groups in total. The minimum atomic E-state index is -0.203. The Morgan fingerprint density at radius 1 is 1.17 bits per heavy atom. The number of hydrogen-bond donors (Lipinski definition) is 1. The molecule has 0 saturated carbocycles. The summed E-state index contributed by atoms with van der Waals surface area (Å²) < 4.78 is 11.1. The molecule has 1 aromatic rings. The largest absolute Gasteiger partial charge is 0.394 e. The molecule has 18 heavy (non-hydrogen) atoms. The lowest BCUT2D eigenvalue weighted by Crippen LogP contribution is -2.24. The van der Waals surface area contributed by atoms with Crippen LogP contribution in [0.4, 0.5) is 0 Å². The van der Waals surface area contributed by atoms with E-state index in [-0.39, 0.29) is 12.7 Å². The first kappa shape index (κ1) is 15.2. The van der Waals surface area contributed by atoms with E-state index in [1.54, 1.807) is 0 Å². The summed E-state index contributed by atoms with van der Waals surface area (Å²) in [4.78, 5) is 0. The molecule has 102 valence electrons. The summed E-state index contributed by atoms with van der Waals surface area (Å²) >= 11 is 0. The summed E-state index contributed by atoms with van der Waals surface area (Å²) in [5.74, 6) is 0. The quantitative estimate of drug-likeness (QED) is 0.651. The van der Waals surface area contributed by atoms with Crippen LogP contribution in [0.3, 0.4) is 0 Å². The Bertz CT molecular complexity index is 287. The van der Waals surface area contributed by atoms with E-state index in [0.717, 1.165) is 12.0 Å². The number of hydrogen-bond acceptors (Lipinski definition) is 3. The average Bonchev–Trinajstić information content (AvgIpc) is 2.42. The first-order valence-corrected chi connectivity index (χ1v) is 6.71. The smallest absolute Gasteiger partial charge is 0.104 e. The molecular weight excluding hydrogens is 228 g/mol. The zero-order valence-corrected chi connectivity index (χ0v) is 11.2. The standard InChI is InChI=1S/C15H24O3/c1-2-3-7-10-18-15(11-16)13-17-12-14-8-5-4-6-9-14/h4-6,8-9,15-16H,2-3,7,10-13H2,1H3. The predicted octanol–water partition coefficient (Wildman–Crippen LogP) is 2.77. The molecular formula is C15H24O3. The highest BCUT2D eigenvalue weighted by molar-refractivity contribution is 5.13. The van der Waals surface area contributed by atoms with Crippen LogP contribution in [0.15, 0.2) is 30.3 Å². The van der Waals surface area contributed by atoms with Gasteiger partial charge in [-0.25, -0.2) is 0 Å². The molecule has 0 amide bonds. The summed E-state index contributed by atoms with van der Waals surface area (Å²) in [5, 5.41) is 9.17. The van der Waals surface area contributed by atoms with Gasteiger partial charge >= 0.3 is 0 Å². The van der Waals surface area contributed by atoms with Crippen LogP contribution >= 0.6 is 0 Å². The van der Waals surface area contributed by atoms with E-state index >= 15 is 0 Å². The van der Waals surface area contributed by atoms with Gasteiger partial charge < -0.3 is 14.6 Å². The van der Waals surface area contributed by atoms with Gasteiger partial charge in [0.2, 0.25) is 0 Å². The molecule has 3 nitrogen and oxygen atoms in total. The fourth-order valence-corrected chi connectivity index (χ4v) is 1.64. The van der Waals surface area contributed by atoms with Gasteiger partial charge in [0.25, 0.3) is 0 Å². The van der Waals surface area contributed by atoms with Gasteiger partial charge in [-0.3, -0.25) is 0 Å². The second kappa shape index (κ2) is 10.1. The van der Waals surface area contributed by atoms with E-state index in [1.165, 1.54) is 12.8 Å². The van der Waals surface area contributed by atoms with E-state index in [1.807, 2.05) is 30.3 Å². The fraction of sp³-hybridized carbons (Fsp3) is 0.600. The SMILES string of the molecule is CCCCCOC(CO)COCc1ccccc1. The third-order valence-corrected chi connectivity index (χ3v) is 2.72. The number of unbranched alkanes of at least 4 members (excludes halogenated alkanes) is 2. The molecule has 0 spiro atoms. The molecule has 0 saturated heterocycles. The maximum atomic E-state index is 9.17. The average molecular weight is 252 g/mol. The first-order chi connectivity index (χ1) is 8.86. The summed E-state index contributed by atoms with van der Waals surface area (Å²) in [6, 6.07) is 10.0. The molecule has 0 radical (unpaired) electrons. The number of benzene rings is 1. The number of rotatable bonds is 10. The van der Waals surface area contributed by atoms with E-state index in [0.29, 0.717) is 19.8 Å². The lowest BCUT2D eigenvalue weighted by molar-refractivity contribution is -0.0472. The van der Waals surface area contributed by atoms with Gasteiger partial charge in [-0.2, -0.15) is 0 Å². The Morgan fingerprint density at radius 2 is 1.94 bits per heavy atom. The Labute approximate surface area is 110 Å². The van der Waals surface area contributed by atoms with Gasteiger partial charge in [-0.15, -0.1) is 0 Å². The lowest BCUT2D eigenvalue weighted by atomic mass is 10.2. The van der Waals surface area contributed by atoms with Crippen LogP contribution in [0.1, 0.15) is 31.7 Å². The van der Waals surface area contributed by atoms with Crippen molar-refractivity contribution in [2.24, 2.45) is 0 Å². The fourth-order valence-electron chi connectivity index (χ4n) is 1.64. The lowest BCUT2D eigenvalue weighted by Gasteiger charge is -2.15. The van der Waals surface area contributed by atoms with Crippen molar-refractivity contribution in [3.63, 3.8) is 0 Å². The van der Waals surface area contributed by atoms with Crippen molar-refractivity contribution in [2.45, 2.75) is 38.9 Å². The Kier molecular flexibility index (Phi) is 8.47. The van der Waals surface area contributed by atoms with Gasteiger partial charge in [-0.1, -0.05) is 50.1 Å². The highest BCUT2D eigenvalue weighted by Crippen LogP contribution is 2.03. The maximum absolute atomic E-state index is 9.17. The summed E-state index contributed by atoms with van der Waals surface area (Å²) in [6.45, 7) is 3.88. The third kappa shape index (κ3) is 6.74. The molecule has 0 heterocycles. The van der Waals surface area contributed by atoms with Crippen molar-refractivity contribution in [1.29, 1.82) is 0 Å². The Morgan fingerprint density at radius 3 is 2.61 bits per heavy atom. The van der Waals surface area contributed by atoms with Crippen LogP contribution in [-0.2, 0) is 16.1 Å². The summed E-state index contributed by atoms with van der Waals surface area (Å²) in [6.07, 6.45) is 3.19. The zero-order valence-electron chi connectivity index (χ0n) is 11.2. The molecule has 1 rings (SSSR count). The predicted molar refractivity (Wildman–Crippen MR) is 72.4 cm³/mol. The van der Waals surface area contributed by atoms with E-state index < -0.39 is 0 Å². The zero-order chi connectivity index (χ0) is 13.1. The van der Waals surface area contributed by atoms with Gasteiger partial charge in [0, 0.05) is 6.61 Å². The van der Waals surface area contributed by atoms with Crippen LogP contribution < -0.4 is 0 Å². The molecule has 0 bridgehead atoms. The van der Waals surface area contributed by atoms with Crippen LogP contribution in [-0.4, -0.2) is 31.0 Å². The molecule has 1 unspecified atom stereocenters. The third-order valence-electron chi connectivity index (χ3n) is 2.72. The second-order valence-electron chi connectivity index (χ2n) is 4.38. The second-order valence-corrected chi connectivity index (χ2v) is 4.38. The van der Waals surface area contributed by atoms with Crippen LogP contribution in [0.2, 0.25) is 0 Å². The van der Waals surface area contributed by atoms with Crippen molar-refractivity contribution in [1.82, 2.24) is 0 Å². The number of ether oxygens (including phenoxy) is 2.